The molecular formula is C103H75N5. The second-order valence-corrected chi connectivity index (χ2v) is 26.9. The summed E-state index contributed by atoms with van der Waals surface area (Å²) in [4.78, 5) is 4.41. The average Bonchev–Trinajstić information content (AvgIpc) is 1.58. The standard InChI is InChI=1S/2C28H21N.C25H16N2.C22H17N/c1-2-7-21(8-3-1)22-13-17-25(18-14-22)29-26-19-15-24(16-20-26)28-12-6-10-23-9-4-5-11-27(23)28;1-2-6-21(7-3-1)23-12-16-27(17-13-23)29-28-18-14-24(15-19-28)26-11-10-22-8-4-5-9-25(22)20-26;1-2-7-17-16(6-1)14-26-15-24(17)27-23-13-12-21-19-9-4-3-8-18(19)20-10-5-11-22(23)25(20)21;1-2-9-19(10-3-1)23-20-15-13-18(14-16-20)22-12-6-8-17-7-4-5-11-21(17)22/h2*1-20,29H;1-15,27H;1-16,23H. The maximum Gasteiger partial charge on any atom is 0.0650 e. The number of anilines is 8. The maximum absolute atomic E-state index is 4.41. The molecule has 4 N–H and O–H groups in total. The summed E-state index contributed by atoms with van der Waals surface area (Å²) in [5, 5.41) is 26.6. The van der Waals surface area contributed by atoms with Crippen molar-refractivity contribution in [2.24, 2.45) is 0 Å². The number of nitrogens with one attached hydrogen (secondary N) is 4. The summed E-state index contributed by atoms with van der Waals surface area (Å²) in [7, 11) is 0. The molecule has 0 atom stereocenters. The van der Waals surface area contributed by atoms with Gasteiger partial charge in [-0.3, -0.25) is 4.98 Å². The van der Waals surface area contributed by atoms with E-state index in [-0.39, 0.29) is 0 Å². The Morgan fingerprint density at radius 2 is 0.491 bits per heavy atom. The summed E-state index contributed by atoms with van der Waals surface area (Å²) in [5.41, 5.74) is 26.3. The van der Waals surface area contributed by atoms with Crippen LogP contribution in [0.4, 0.5) is 45.5 Å². The van der Waals surface area contributed by atoms with Crippen LogP contribution in [0.25, 0.3) is 132 Å². The number of benzene rings is 18. The van der Waals surface area contributed by atoms with E-state index in [1.165, 1.54) is 126 Å². The van der Waals surface area contributed by atoms with E-state index in [4.69, 9.17) is 0 Å². The lowest BCUT2D eigenvalue weighted by molar-refractivity contribution is 1.36. The Labute approximate surface area is 630 Å². The van der Waals surface area contributed by atoms with Gasteiger partial charge >= 0.3 is 0 Å². The minimum atomic E-state index is 1.03. The molecule has 5 heteroatoms. The van der Waals surface area contributed by atoms with E-state index in [1.54, 1.807) is 0 Å². The first-order chi connectivity index (χ1) is 53.5. The van der Waals surface area contributed by atoms with Gasteiger partial charge in [-0.25, -0.2) is 0 Å². The van der Waals surface area contributed by atoms with Crippen molar-refractivity contribution in [3.63, 3.8) is 0 Å². The fourth-order valence-electron chi connectivity index (χ4n) is 14.6. The van der Waals surface area contributed by atoms with E-state index in [0.29, 0.717) is 0 Å². The van der Waals surface area contributed by atoms with Gasteiger partial charge in [0.1, 0.15) is 0 Å². The molecule has 5 nitrogen and oxygen atoms in total. The predicted molar refractivity (Wildman–Crippen MR) is 462 cm³/mol. The Bertz CT molecular complexity index is 6250. The number of hydrogen-bond donors (Lipinski definition) is 4. The molecule has 0 bridgehead atoms. The molecule has 1 aliphatic rings. The molecule has 20 rings (SSSR count). The lowest BCUT2D eigenvalue weighted by atomic mass is 9.98. The van der Waals surface area contributed by atoms with E-state index in [9.17, 15) is 0 Å². The summed E-state index contributed by atoms with van der Waals surface area (Å²) in [6, 6.07) is 147. The number of pyridine rings is 1. The highest BCUT2D eigenvalue weighted by molar-refractivity contribution is 6.19. The molecule has 1 heterocycles. The summed E-state index contributed by atoms with van der Waals surface area (Å²) >= 11 is 0. The van der Waals surface area contributed by atoms with Crippen molar-refractivity contribution < 1.29 is 0 Å². The third-order valence-electron chi connectivity index (χ3n) is 20.0. The number of nitrogens with zero attached hydrogens (tertiary/aromatic N) is 1. The summed E-state index contributed by atoms with van der Waals surface area (Å²) in [6.07, 6.45) is 3.81. The molecule has 108 heavy (non-hydrogen) atoms. The summed E-state index contributed by atoms with van der Waals surface area (Å²) in [5.74, 6) is 0. The van der Waals surface area contributed by atoms with Crippen LogP contribution < -0.4 is 21.3 Å². The van der Waals surface area contributed by atoms with Crippen LogP contribution in [0.15, 0.2) is 431 Å². The molecule has 0 unspecified atom stereocenters. The van der Waals surface area contributed by atoms with Crippen LogP contribution >= 0.6 is 0 Å². The van der Waals surface area contributed by atoms with E-state index in [0.717, 1.165) is 50.9 Å². The van der Waals surface area contributed by atoms with Gasteiger partial charge in [0.25, 0.3) is 0 Å². The fraction of sp³-hybridized carbons (Fsp3) is 0. The van der Waals surface area contributed by atoms with Gasteiger partial charge in [0.15, 0.2) is 0 Å². The molecule has 0 fully saturated rings. The Morgan fingerprint density at radius 1 is 0.157 bits per heavy atom. The molecule has 0 spiro atoms. The van der Waals surface area contributed by atoms with Crippen LogP contribution in [0.3, 0.4) is 0 Å². The molecule has 1 aromatic heterocycles. The molecule has 512 valence electrons. The third-order valence-corrected chi connectivity index (χ3v) is 20.0. The Hall–Kier alpha value is -14.4. The van der Waals surface area contributed by atoms with Gasteiger partial charge in [0, 0.05) is 62.2 Å². The molecule has 1 aliphatic carbocycles. The monoisotopic (exact) mass is 1380 g/mol. The van der Waals surface area contributed by atoms with Crippen LogP contribution in [0.2, 0.25) is 0 Å². The first-order valence-corrected chi connectivity index (χ1v) is 36.7. The zero-order valence-corrected chi connectivity index (χ0v) is 59.4. The molecule has 0 saturated heterocycles. The third kappa shape index (κ3) is 14.9. The lowest BCUT2D eigenvalue weighted by Gasteiger charge is -2.13. The van der Waals surface area contributed by atoms with Crippen molar-refractivity contribution in [3.05, 3.63) is 431 Å². The van der Waals surface area contributed by atoms with Crippen LogP contribution in [0.5, 0.6) is 0 Å². The first kappa shape index (κ1) is 66.8. The van der Waals surface area contributed by atoms with Gasteiger partial charge in [-0.2, -0.15) is 0 Å². The van der Waals surface area contributed by atoms with E-state index < -0.39 is 0 Å². The predicted octanol–water partition coefficient (Wildman–Crippen LogP) is 28.9. The molecule has 0 aliphatic heterocycles. The fourth-order valence-corrected chi connectivity index (χ4v) is 14.6. The van der Waals surface area contributed by atoms with Crippen molar-refractivity contribution >= 4 is 99.4 Å². The minimum absolute atomic E-state index is 1.03. The second-order valence-electron chi connectivity index (χ2n) is 26.9. The maximum atomic E-state index is 4.41. The van der Waals surface area contributed by atoms with Gasteiger partial charge in [-0.15, -0.1) is 0 Å². The van der Waals surface area contributed by atoms with E-state index in [2.05, 4.69) is 408 Å². The highest BCUT2D eigenvalue weighted by atomic mass is 14.9. The van der Waals surface area contributed by atoms with Gasteiger partial charge < -0.3 is 21.3 Å². The number of para-hydroxylation sites is 1. The van der Waals surface area contributed by atoms with Crippen molar-refractivity contribution in [3.8, 4) is 77.9 Å². The van der Waals surface area contributed by atoms with Gasteiger partial charge in [-0.1, -0.05) is 334 Å². The summed E-state index contributed by atoms with van der Waals surface area (Å²) in [6.45, 7) is 0. The zero-order chi connectivity index (χ0) is 72.2. The number of hydrogen-bond acceptors (Lipinski definition) is 5. The van der Waals surface area contributed by atoms with Crippen LogP contribution in [0, 0.1) is 0 Å². The first-order valence-electron chi connectivity index (χ1n) is 36.7. The largest absolute Gasteiger partial charge is 0.356 e. The van der Waals surface area contributed by atoms with E-state index >= 15 is 0 Å². The van der Waals surface area contributed by atoms with Crippen molar-refractivity contribution in [2.45, 2.75) is 0 Å². The Morgan fingerprint density at radius 3 is 1.00 bits per heavy atom. The van der Waals surface area contributed by atoms with Crippen molar-refractivity contribution in [2.75, 3.05) is 21.3 Å². The highest BCUT2D eigenvalue weighted by Crippen LogP contribution is 2.49. The highest BCUT2D eigenvalue weighted by Gasteiger charge is 2.22. The van der Waals surface area contributed by atoms with Crippen molar-refractivity contribution in [1.82, 2.24) is 4.98 Å². The van der Waals surface area contributed by atoms with Crippen LogP contribution in [-0.4, -0.2) is 4.98 Å². The van der Waals surface area contributed by atoms with Crippen molar-refractivity contribution in [1.29, 1.82) is 0 Å². The lowest BCUT2D eigenvalue weighted by Crippen LogP contribution is -1.94. The number of rotatable bonds is 13. The molecule has 0 radical (unpaired) electrons. The second kappa shape index (κ2) is 31.3. The normalized spacial score (nSPS) is 11.0. The molecule has 19 aromatic rings. The minimum Gasteiger partial charge on any atom is -0.356 e. The van der Waals surface area contributed by atoms with Crippen LogP contribution in [-0.2, 0) is 0 Å². The van der Waals surface area contributed by atoms with Gasteiger partial charge in [0.05, 0.1) is 11.9 Å². The van der Waals surface area contributed by atoms with Crippen LogP contribution in [0.1, 0.15) is 0 Å². The van der Waals surface area contributed by atoms with E-state index in [1.807, 2.05) is 48.8 Å². The summed E-state index contributed by atoms with van der Waals surface area (Å²) < 4.78 is 0. The zero-order valence-electron chi connectivity index (χ0n) is 59.4. The number of fused-ring (bicyclic) bond motifs is 7. The quantitative estimate of drug-likeness (QED) is 0.0927. The molecule has 18 aromatic carbocycles. The average molecular weight is 1380 g/mol. The van der Waals surface area contributed by atoms with Gasteiger partial charge in [-0.05, 0) is 201 Å². The molecular weight excluding hydrogens is 1310 g/mol. The number of aromatic nitrogens is 1. The Balaban J connectivity index is 0.000000106. The SMILES string of the molecule is c1ccc(-c2ccc(Nc3ccc(-c4ccc5ccccc5c4)cc3)cc2)cc1.c1ccc(-c2ccc(Nc3ccc(-c4cccc5ccccc45)cc3)cc2)cc1.c1ccc(Nc2ccc(-c3cccc4ccccc34)cc2)cc1.c1ccc2c(c1)-c1cccc3c(Nc4cncc5ccccc45)ccc-2c13. The van der Waals surface area contributed by atoms with Gasteiger partial charge in [0.2, 0.25) is 0 Å². The smallest absolute Gasteiger partial charge is 0.0650 e. The molecule has 0 amide bonds. The topological polar surface area (TPSA) is 61.0 Å². The molecule has 0 saturated carbocycles. The Kier molecular flexibility index (Phi) is 19.4.